The maximum absolute atomic E-state index is 12.4. The summed E-state index contributed by atoms with van der Waals surface area (Å²) in [6, 6.07) is 4.86. The average Bonchev–Trinajstić information content (AvgIpc) is 2.86. The van der Waals surface area contributed by atoms with Gasteiger partial charge in [-0.1, -0.05) is 6.07 Å². The molecule has 0 saturated heterocycles. The molecule has 0 fully saturated rings. The lowest BCUT2D eigenvalue weighted by molar-refractivity contribution is -0.123. The summed E-state index contributed by atoms with van der Waals surface area (Å²) in [4.78, 5) is 24.8. The second kappa shape index (κ2) is 7.90. The predicted octanol–water partition coefficient (Wildman–Crippen LogP) is 2.24. The molecule has 0 spiro atoms. The van der Waals surface area contributed by atoms with Crippen molar-refractivity contribution in [3.05, 3.63) is 35.2 Å². The monoisotopic (exact) mass is 361 g/mol. The van der Waals surface area contributed by atoms with E-state index in [4.69, 9.17) is 14.2 Å². The Labute approximate surface area is 152 Å². The molecule has 0 aliphatic rings. The lowest BCUT2D eigenvalue weighted by Crippen LogP contribution is -2.30. The third-order valence-electron chi connectivity index (χ3n) is 4.03. The Hall–Kier alpha value is -3.03. The van der Waals surface area contributed by atoms with E-state index >= 15 is 0 Å². The number of para-hydroxylation sites is 1. The number of amides is 1. The number of carbonyl (C=O) groups is 2. The van der Waals surface area contributed by atoms with Gasteiger partial charge in [-0.3, -0.25) is 9.48 Å². The number of methoxy groups -OCH3 is 2. The van der Waals surface area contributed by atoms with Crippen molar-refractivity contribution in [2.75, 3.05) is 19.5 Å². The van der Waals surface area contributed by atoms with Crippen molar-refractivity contribution in [1.29, 1.82) is 0 Å². The minimum absolute atomic E-state index is 0.181. The zero-order valence-electron chi connectivity index (χ0n) is 15.7. The van der Waals surface area contributed by atoms with Crippen LogP contribution in [0.2, 0.25) is 0 Å². The summed E-state index contributed by atoms with van der Waals surface area (Å²) in [5.41, 5.74) is 2.29. The molecule has 0 aliphatic carbocycles. The van der Waals surface area contributed by atoms with E-state index in [9.17, 15) is 9.59 Å². The van der Waals surface area contributed by atoms with Gasteiger partial charge in [0.25, 0.3) is 5.91 Å². The lowest BCUT2D eigenvalue weighted by Gasteiger charge is -2.16. The van der Waals surface area contributed by atoms with E-state index in [2.05, 4.69) is 10.4 Å². The highest BCUT2D eigenvalue weighted by Crippen LogP contribution is 2.31. The maximum Gasteiger partial charge on any atom is 0.342 e. The van der Waals surface area contributed by atoms with Crippen LogP contribution in [0.3, 0.4) is 0 Å². The molecule has 1 amide bonds. The summed E-state index contributed by atoms with van der Waals surface area (Å²) in [5.74, 6) is -0.463. The van der Waals surface area contributed by atoms with Crippen LogP contribution >= 0.6 is 0 Å². The van der Waals surface area contributed by atoms with Crippen LogP contribution in [-0.4, -0.2) is 42.0 Å². The second-order valence-corrected chi connectivity index (χ2v) is 5.75. The van der Waals surface area contributed by atoms with E-state index in [1.165, 1.54) is 21.1 Å². The smallest absolute Gasteiger partial charge is 0.342 e. The first-order valence-corrected chi connectivity index (χ1v) is 8.03. The Morgan fingerprint density at radius 1 is 1.19 bits per heavy atom. The number of hydrogen-bond acceptors (Lipinski definition) is 6. The molecule has 140 valence electrons. The number of hydrogen-bond donors (Lipinski definition) is 1. The molecule has 1 N–H and O–H groups in total. The molecule has 0 unspecified atom stereocenters. The fraction of sp³-hybridized carbons (Fsp3) is 0.389. The van der Waals surface area contributed by atoms with Gasteiger partial charge >= 0.3 is 5.97 Å². The van der Waals surface area contributed by atoms with Gasteiger partial charge in [-0.25, -0.2) is 4.79 Å². The van der Waals surface area contributed by atoms with Crippen molar-refractivity contribution in [3.63, 3.8) is 0 Å². The van der Waals surface area contributed by atoms with Gasteiger partial charge in [-0.15, -0.1) is 0 Å². The first-order chi connectivity index (χ1) is 12.3. The molecule has 26 heavy (non-hydrogen) atoms. The van der Waals surface area contributed by atoms with Crippen molar-refractivity contribution >= 4 is 17.6 Å². The van der Waals surface area contributed by atoms with Crippen LogP contribution in [0.15, 0.2) is 18.2 Å². The topological polar surface area (TPSA) is 91.7 Å². The second-order valence-electron chi connectivity index (χ2n) is 5.75. The molecule has 1 aromatic carbocycles. The Bertz CT molecular complexity index is 828. The number of nitrogens with one attached hydrogen (secondary N) is 1. The fourth-order valence-electron chi connectivity index (χ4n) is 2.50. The van der Waals surface area contributed by atoms with Crippen LogP contribution in [0.4, 0.5) is 5.69 Å². The molecule has 1 aromatic heterocycles. The van der Waals surface area contributed by atoms with E-state index in [1.807, 2.05) is 6.92 Å². The normalized spacial score (nSPS) is 11.6. The minimum Gasteiger partial charge on any atom is -0.493 e. The van der Waals surface area contributed by atoms with Crippen LogP contribution in [-0.2, 0) is 16.6 Å². The van der Waals surface area contributed by atoms with E-state index < -0.39 is 18.0 Å². The number of aryl methyl sites for hydroxylation is 2. The molecule has 0 saturated carbocycles. The van der Waals surface area contributed by atoms with Crippen LogP contribution in [0.25, 0.3) is 0 Å². The molecule has 8 nitrogen and oxygen atoms in total. The highest BCUT2D eigenvalue weighted by atomic mass is 16.6. The first-order valence-electron chi connectivity index (χ1n) is 8.03. The number of carbonyl (C=O) groups excluding carboxylic acids is 2. The SMILES string of the molecule is COc1cccc(C(=O)O[C@H](C)C(=O)Nc2c(C)nn(C)c2C)c1OC. The van der Waals surface area contributed by atoms with E-state index in [0.29, 0.717) is 17.1 Å². The summed E-state index contributed by atoms with van der Waals surface area (Å²) in [6.07, 6.45) is -1.00. The summed E-state index contributed by atoms with van der Waals surface area (Å²) < 4.78 is 17.3. The number of nitrogens with zero attached hydrogens (tertiary/aromatic N) is 2. The molecule has 2 rings (SSSR count). The van der Waals surface area contributed by atoms with Crippen LogP contribution in [0.1, 0.15) is 28.7 Å². The molecule has 0 aliphatic heterocycles. The van der Waals surface area contributed by atoms with E-state index in [1.54, 1.807) is 36.9 Å². The third kappa shape index (κ3) is 3.79. The lowest BCUT2D eigenvalue weighted by atomic mass is 10.2. The van der Waals surface area contributed by atoms with Gasteiger partial charge in [-0.2, -0.15) is 5.10 Å². The maximum atomic E-state index is 12.4. The molecular weight excluding hydrogens is 338 g/mol. The highest BCUT2D eigenvalue weighted by molar-refractivity contribution is 5.99. The Balaban J connectivity index is 2.13. The van der Waals surface area contributed by atoms with Gasteiger partial charge in [0.2, 0.25) is 0 Å². The van der Waals surface area contributed by atoms with Gasteiger partial charge in [0.05, 0.1) is 31.3 Å². The average molecular weight is 361 g/mol. The fourth-order valence-corrected chi connectivity index (χ4v) is 2.50. The molecule has 8 heteroatoms. The number of ether oxygens (including phenoxy) is 3. The Morgan fingerprint density at radius 2 is 1.88 bits per heavy atom. The Kier molecular flexibility index (Phi) is 5.86. The summed E-state index contributed by atoms with van der Waals surface area (Å²) in [5, 5.41) is 6.99. The van der Waals surface area contributed by atoms with Gasteiger partial charge in [-0.05, 0) is 32.9 Å². The largest absolute Gasteiger partial charge is 0.493 e. The molecule has 0 bridgehead atoms. The van der Waals surface area contributed by atoms with Crippen LogP contribution < -0.4 is 14.8 Å². The molecular formula is C18H23N3O5. The number of esters is 1. The van der Waals surface area contributed by atoms with Crippen molar-refractivity contribution < 1.29 is 23.8 Å². The number of anilines is 1. The first kappa shape index (κ1) is 19.3. The zero-order valence-corrected chi connectivity index (χ0v) is 15.7. The number of rotatable bonds is 6. The highest BCUT2D eigenvalue weighted by Gasteiger charge is 2.24. The summed E-state index contributed by atoms with van der Waals surface area (Å²) in [6.45, 7) is 5.13. The van der Waals surface area contributed by atoms with Crippen LogP contribution in [0.5, 0.6) is 11.5 Å². The summed E-state index contributed by atoms with van der Waals surface area (Å²) in [7, 11) is 4.69. The van der Waals surface area contributed by atoms with Gasteiger partial charge in [0.15, 0.2) is 17.6 Å². The van der Waals surface area contributed by atoms with E-state index in [-0.39, 0.29) is 11.3 Å². The molecule has 1 heterocycles. The standard InChI is InChI=1S/C18H23N3O5/c1-10-15(11(2)21(4)20-10)19-17(22)12(3)26-18(23)13-8-7-9-14(24-5)16(13)25-6/h7-9,12H,1-6H3,(H,19,22)/t12-/m1/s1. The van der Waals surface area contributed by atoms with Gasteiger partial charge in [0.1, 0.15) is 5.56 Å². The van der Waals surface area contributed by atoms with Gasteiger partial charge in [0, 0.05) is 7.05 Å². The molecule has 2 aromatic rings. The minimum atomic E-state index is -1.00. The number of benzene rings is 1. The van der Waals surface area contributed by atoms with E-state index in [0.717, 1.165) is 5.69 Å². The van der Waals surface area contributed by atoms with Crippen LogP contribution in [0, 0.1) is 13.8 Å². The van der Waals surface area contributed by atoms with Crippen molar-refractivity contribution in [1.82, 2.24) is 9.78 Å². The Morgan fingerprint density at radius 3 is 2.42 bits per heavy atom. The zero-order chi connectivity index (χ0) is 19.4. The van der Waals surface area contributed by atoms with Crippen molar-refractivity contribution in [3.8, 4) is 11.5 Å². The number of aromatic nitrogens is 2. The quantitative estimate of drug-likeness (QED) is 0.794. The van der Waals surface area contributed by atoms with Crippen molar-refractivity contribution in [2.24, 2.45) is 7.05 Å². The summed E-state index contributed by atoms with van der Waals surface area (Å²) >= 11 is 0. The third-order valence-corrected chi connectivity index (χ3v) is 4.03. The van der Waals surface area contributed by atoms with Gasteiger partial charge < -0.3 is 19.5 Å². The van der Waals surface area contributed by atoms with Crippen molar-refractivity contribution in [2.45, 2.75) is 26.9 Å². The molecule has 0 radical (unpaired) electrons. The molecule has 1 atom stereocenters. The predicted molar refractivity (Wildman–Crippen MR) is 95.7 cm³/mol.